The third kappa shape index (κ3) is 5.15. The van der Waals surface area contributed by atoms with Crippen LogP contribution in [-0.4, -0.2) is 38.3 Å². The van der Waals surface area contributed by atoms with E-state index in [1.165, 1.54) is 0 Å². The van der Waals surface area contributed by atoms with E-state index in [0.29, 0.717) is 34.9 Å². The highest BCUT2D eigenvalue weighted by atomic mass is 35.5. The molecule has 0 aromatic heterocycles. The van der Waals surface area contributed by atoms with Crippen LogP contribution in [0.4, 0.5) is 0 Å². The van der Waals surface area contributed by atoms with Crippen molar-refractivity contribution >= 4 is 29.1 Å². The fourth-order valence-electron chi connectivity index (χ4n) is 2.29. The maximum atomic E-state index is 12.0. The molecule has 1 saturated heterocycles. The van der Waals surface area contributed by atoms with Gasteiger partial charge in [0.2, 0.25) is 0 Å². The van der Waals surface area contributed by atoms with Gasteiger partial charge in [0.25, 0.3) is 5.91 Å². The molecule has 1 aromatic rings. The van der Waals surface area contributed by atoms with Crippen LogP contribution in [0.15, 0.2) is 18.2 Å². The minimum absolute atomic E-state index is 0.243. The lowest BCUT2D eigenvalue weighted by Gasteiger charge is -2.22. The quantitative estimate of drug-likeness (QED) is 0.788. The Labute approximate surface area is 135 Å². The van der Waals surface area contributed by atoms with Crippen molar-refractivity contribution in [3.8, 4) is 0 Å². The second-order valence-electron chi connectivity index (χ2n) is 5.03. The maximum Gasteiger partial charge on any atom is 0.254 e. The van der Waals surface area contributed by atoms with Gasteiger partial charge in [-0.2, -0.15) is 0 Å². The first kappa shape index (κ1) is 16.6. The van der Waals surface area contributed by atoms with E-state index in [1.54, 1.807) is 18.2 Å². The minimum atomic E-state index is -0.243. The first-order chi connectivity index (χ1) is 10.2. The van der Waals surface area contributed by atoms with Crippen LogP contribution in [0.5, 0.6) is 0 Å². The summed E-state index contributed by atoms with van der Waals surface area (Å²) in [7, 11) is 0. The summed E-state index contributed by atoms with van der Waals surface area (Å²) in [4.78, 5) is 12.0. The summed E-state index contributed by atoms with van der Waals surface area (Å²) in [5, 5.41) is 6.85. The van der Waals surface area contributed by atoms with Gasteiger partial charge in [-0.25, -0.2) is 0 Å². The lowest BCUT2D eigenvalue weighted by Crippen LogP contribution is -2.33. The smallest absolute Gasteiger partial charge is 0.254 e. The summed E-state index contributed by atoms with van der Waals surface area (Å²) < 4.78 is 5.77. The van der Waals surface area contributed by atoms with Crippen LogP contribution < -0.4 is 10.6 Å². The SMILES string of the molecule is O=C(NCCCOC1CCNCC1)c1c(Cl)cccc1Cl. The molecule has 0 radical (unpaired) electrons. The third-order valence-corrected chi connectivity index (χ3v) is 4.07. The van der Waals surface area contributed by atoms with E-state index in [0.717, 1.165) is 32.4 Å². The number of piperidine rings is 1. The number of carbonyl (C=O) groups excluding carboxylic acids is 1. The van der Waals surface area contributed by atoms with Gasteiger partial charge in [-0.15, -0.1) is 0 Å². The number of halogens is 2. The van der Waals surface area contributed by atoms with Crippen molar-refractivity contribution in [3.05, 3.63) is 33.8 Å². The molecule has 1 heterocycles. The largest absolute Gasteiger partial charge is 0.378 e. The highest BCUT2D eigenvalue weighted by molar-refractivity contribution is 6.39. The van der Waals surface area contributed by atoms with Crippen LogP contribution in [0.3, 0.4) is 0 Å². The third-order valence-electron chi connectivity index (χ3n) is 3.44. The molecule has 1 aliphatic rings. The van der Waals surface area contributed by atoms with Gasteiger partial charge in [0.05, 0.1) is 21.7 Å². The van der Waals surface area contributed by atoms with Crippen molar-refractivity contribution in [2.45, 2.75) is 25.4 Å². The monoisotopic (exact) mass is 330 g/mol. The Hall–Kier alpha value is -0.810. The maximum absolute atomic E-state index is 12.0. The molecule has 2 N–H and O–H groups in total. The first-order valence-corrected chi connectivity index (χ1v) is 7.98. The van der Waals surface area contributed by atoms with Gasteiger partial charge >= 0.3 is 0 Å². The van der Waals surface area contributed by atoms with Crippen LogP contribution in [0.2, 0.25) is 10.0 Å². The van der Waals surface area contributed by atoms with E-state index in [-0.39, 0.29) is 5.91 Å². The van der Waals surface area contributed by atoms with Crippen molar-refractivity contribution in [1.29, 1.82) is 0 Å². The molecular formula is C15H20Cl2N2O2. The fourth-order valence-corrected chi connectivity index (χ4v) is 2.86. The Kier molecular flexibility index (Phi) is 6.77. The standard InChI is InChI=1S/C15H20Cl2N2O2/c16-12-3-1-4-13(17)14(12)15(20)19-7-2-10-21-11-5-8-18-9-6-11/h1,3-4,11,18H,2,5-10H2,(H,19,20). The zero-order chi connectivity index (χ0) is 15.1. The molecule has 1 aliphatic heterocycles. The van der Waals surface area contributed by atoms with Gasteiger partial charge in [-0.1, -0.05) is 29.3 Å². The zero-order valence-electron chi connectivity index (χ0n) is 11.8. The molecule has 1 fully saturated rings. The summed E-state index contributed by atoms with van der Waals surface area (Å²) in [6, 6.07) is 5.03. The van der Waals surface area contributed by atoms with Crippen LogP contribution in [0.1, 0.15) is 29.6 Å². The molecule has 1 amide bonds. The average Bonchev–Trinajstić information content (AvgIpc) is 2.48. The van der Waals surface area contributed by atoms with Gasteiger partial charge in [0.15, 0.2) is 0 Å². The van der Waals surface area contributed by atoms with E-state index in [9.17, 15) is 4.79 Å². The predicted molar refractivity (Wildman–Crippen MR) is 85.3 cm³/mol. The molecule has 116 valence electrons. The number of rotatable bonds is 6. The Balaban J connectivity index is 1.67. The fraction of sp³-hybridized carbons (Fsp3) is 0.533. The van der Waals surface area contributed by atoms with Gasteiger partial charge < -0.3 is 15.4 Å². The van der Waals surface area contributed by atoms with Crippen LogP contribution in [0.25, 0.3) is 0 Å². The molecule has 21 heavy (non-hydrogen) atoms. The summed E-state index contributed by atoms with van der Waals surface area (Å²) in [6.07, 6.45) is 3.24. The van der Waals surface area contributed by atoms with Gasteiger partial charge in [0.1, 0.15) is 0 Å². The van der Waals surface area contributed by atoms with E-state index in [1.807, 2.05) is 0 Å². The van der Waals surface area contributed by atoms with Crippen molar-refractivity contribution in [1.82, 2.24) is 10.6 Å². The second-order valence-corrected chi connectivity index (χ2v) is 5.84. The molecule has 0 saturated carbocycles. The number of amides is 1. The van der Waals surface area contributed by atoms with E-state index in [2.05, 4.69) is 10.6 Å². The number of benzene rings is 1. The van der Waals surface area contributed by atoms with Crippen LogP contribution in [0, 0.1) is 0 Å². The van der Waals surface area contributed by atoms with Crippen molar-refractivity contribution < 1.29 is 9.53 Å². The summed E-state index contributed by atoms with van der Waals surface area (Å²) in [6.45, 7) is 3.24. The van der Waals surface area contributed by atoms with E-state index < -0.39 is 0 Å². The second kappa shape index (κ2) is 8.59. The Bertz CT molecular complexity index is 456. The number of hydrogen-bond donors (Lipinski definition) is 2. The zero-order valence-corrected chi connectivity index (χ0v) is 13.3. The molecule has 0 unspecified atom stereocenters. The Morgan fingerprint density at radius 3 is 2.62 bits per heavy atom. The summed E-state index contributed by atoms with van der Waals surface area (Å²) in [5.41, 5.74) is 0.333. The summed E-state index contributed by atoms with van der Waals surface area (Å²) >= 11 is 12.0. The number of nitrogens with one attached hydrogen (secondary N) is 2. The number of carbonyl (C=O) groups is 1. The predicted octanol–water partition coefficient (Wildman–Crippen LogP) is 2.88. The number of ether oxygens (including phenoxy) is 1. The Morgan fingerprint density at radius 1 is 1.29 bits per heavy atom. The van der Waals surface area contributed by atoms with E-state index in [4.69, 9.17) is 27.9 Å². The molecule has 0 bridgehead atoms. The highest BCUT2D eigenvalue weighted by Gasteiger charge is 2.14. The van der Waals surface area contributed by atoms with Crippen molar-refractivity contribution in [2.24, 2.45) is 0 Å². The lowest BCUT2D eigenvalue weighted by molar-refractivity contribution is 0.0318. The van der Waals surface area contributed by atoms with Gasteiger partial charge in [-0.05, 0) is 44.5 Å². The van der Waals surface area contributed by atoms with Crippen molar-refractivity contribution in [2.75, 3.05) is 26.2 Å². The van der Waals surface area contributed by atoms with E-state index >= 15 is 0 Å². The molecule has 4 nitrogen and oxygen atoms in total. The van der Waals surface area contributed by atoms with Crippen LogP contribution >= 0.6 is 23.2 Å². The first-order valence-electron chi connectivity index (χ1n) is 7.23. The van der Waals surface area contributed by atoms with Gasteiger partial charge in [-0.3, -0.25) is 4.79 Å². The molecule has 0 aliphatic carbocycles. The topological polar surface area (TPSA) is 50.4 Å². The molecule has 0 atom stereocenters. The molecule has 2 rings (SSSR count). The molecule has 0 spiro atoms. The van der Waals surface area contributed by atoms with Crippen molar-refractivity contribution in [3.63, 3.8) is 0 Å². The summed E-state index contributed by atoms with van der Waals surface area (Å²) in [5.74, 6) is -0.243. The molecule has 1 aromatic carbocycles. The number of hydrogen-bond acceptors (Lipinski definition) is 3. The van der Waals surface area contributed by atoms with Crippen LogP contribution in [-0.2, 0) is 4.74 Å². The highest BCUT2D eigenvalue weighted by Crippen LogP contribution is 2.23. The molecular weight excluding hydrogens is 311 g/mol. The lowest BCUT2D eigenvalue weighted by atomic mass is 10.1. The molecule has 6 heteroatoms. The average molecular weight is 331 g/mol. The van der Waals surface area contributed by atoms with Gasteiger partial charge in [0, 0.05) is 13.2 Å². The minimum Gasteiger partial charge on any atom is -0.378 e. The normalized spacial score (nSPS) is 15.9. The Morgan fingerprint density at radius 2 is 1.95 bits per heavy atom.